The summed E-state index contributed by atoms with van der Waals surface area (Å²) in [5, 5.41) is 15.6. The summed E-state index contributed by atoms with van der Waals surface area (Å²) in [7, 11) is 0. The smallest absolute Gasteiger partial charge is 0.220 e. The standard InChI is InChI=1S/C18H28N2O2/c21-13-10-17(16-4-2-1-3-5-16)14-20-18(22)7-6-15-8-11-19-12-9-15/h1-5,15,17,19,21H,6-14H2,(H,20,22). The molecule has 1 unspecified atom stereocenters. The molecule has 1 fully saturated rings. The van der Waals surface area contributed by atoms with Crippen molar-refractivity contribution >= 4 is 5.91 Å². The fraction of sp³-hybridized carbons (Fsp3) is 0.611. The number of benzene rings is 1. The molecule has 1 aromatic carbocycles. The van der Waals surface area contributed by atoms with Crippen LogP contribution in [0.25, 0.3) is 0 Å². The Morgan fingerprint density at radius 1 is 1.27 bits per heavy atom. The second-order valence-corrected chi connectivity index (χ2v) is 6.16. The Bertz CT molecular complexity index is 430. The van der Waals surface area contributed by atoms with Gasteiger partial charge in [-0.2, -0.15) is 0 Å². The van der Waals surface area contributed by atoms with Crippen LogP contribution in [0, 0.1) is 5.92 Å². The average Bonchev–Trinajstić information content (AvgIpc) is 2.58. The maximum Gasteiger partial charge on any atom is 0.220 e. The van der Waals surface area contributed by atoms with Gasteiger partial charge in [-0.1, -0.05) is 30.3 Å². The molecular formula is C18H28N2O2. The number of carbonyl (C=O) groups excluding carboxylic acids is 1. The number of nitrogens with one attached hydrogen (secondary N) is 2. The summed E-state index contributed by atoms with van der Waals surface area (Å²) >= 11 is 0. The van der Waals surface area contributed by atoms with Crippen LogP contribution >= 0.6 is 0 Å². The predicted molar refractivity (Wildman–Crippen MR) is 88.7 cm³/mol. The second-order valence-electron chi connectivity index (χ2n) is 6.16. The van der Waals surface area contributed by atoms with E-state index in [2.05, 4.69) is 22.8 Å². The zero-order valence-electron chi connectivity index (χ0n) is 13.3. The molecule has 1 saturated heterocycles. The van der Waals surface area contributed by atoms with E-state index in [0.717, 1.165) is 19.5 Å². The van der Waals surface area contributed by atoms with Crippen LogP contribution in [0.1, 0.15) is 43.6 Å². The van der Waals surface area contributed by atoms with Gasteiger partial charge in [-0.3, -0.25) is 4.79 Å². The van der Waals surface area contributed by atoms with E-state index in [-0.39, 0.29) is 18.4 Å². The number of amides is 1. The van der Waals surface area contributed by atoms with Gasteiger partial charge in [-0.15, -0.1) is 0 Å². The Morgan fingerprint density at radius 2 is 2.00 bits per heavy atom. The highest BCUT2D eigenvalue weighted by atomic mass is 16.3. The van der Waals surface area contributed by atoms with Gasteiger partial charge in [0.15, 0.2) is 0 Å². The van der Waals surface area contributed by atoms with Crippen LogP contribution in [-0.4, -0.2) is 37.3 Å². The number of hydrogen-bond donors (Lipinski definition) is 3. The van der Waals surface area contributed by atoms with E-state index < -0.39 is 0 Å². The molecule has 3 N–H and O–H groups in total. The Morgan fingerprint density at radius 3 is 2.68 bits per heavy atom. The minimum absolute atomic E-state index is 0.136. The quantitative estimate of drug-likeness (QED) is 0.689. The van der Waals surface area contributed by atoms with Crippen molar-refractivity contribution in [2.24, 2.45) is 5.92 Å². The number of aliphatic hydroxyl groups excluding tert-OH is 1. The van der Waals surface area contributed by atoms with Gasteiger partial charge in [-0.25, -0.2) is 0 Å². The van der Waals surface area contributed by atoms with Gasteiger partial charge >= 0.3 is 0 Å². The fourth-order valence-corrected chi connectivity index (χ4v) is 3.10. The first-order valence-electron chi connectivity index (χ1n) is 8.43. The Kier molecular flexibility index (Phi) is 7.40. The van der Waals surface area contributed by atoms with E-state index in [1.54, 1.807) is 0 Å². The monoisotopic (exact) mass is 304 g/mol. The number of rotatable bonds is 8. The first-order valence-corrected chi connectivity index (χ1v) is 8.43. The van der Waals surface area contributed by atoms with Gasteiger partial charge in [0.2, 0.25) is 5.91 Å². The highest BCUT2D eigenvalue weighted by molar-refractivity contribution is 5.75. The summed E-state index contributed by atoms with van der Waals surface area (Å²) in [5.41, 5.74) is 1.18. The molecule has 1 aliphatic heterocycles. The van der Waals surface area contributed by atoms with Gasteiger partial charge in [0.25, 0.3) is 0 Å². The van der Waals surface area contributed by atoms with Gasteiger partial charge < -0.3 is 15.7 Å². The Hall–Kier alpha value is -1.39. The molecule has 0 radical (unpaired) electrons. The predicted octanol–water partition coefficient (Wildman–Crippen LogP) is 2.05. The van der Waals surface area contributed by atoms with Crippen molar-refractivity contribution < 1.29 is 9.90 Å². The Balaban J connectivity index is 1.73. The third-order valence-corrected chi connectivity index (χ3v) is 4.53. The summed E-state index contributed by atoms with van der Waals surface area (Å²) < 4.78 is 0. The molecule has 1 aromatic rings. The van der Waals surface area contributed by atoms with Crippen LogP contribution in [0.2, 0.25) is 0 Å². The van der Waals surface area contributed by atoms with E-state index in [1.807, 2.05) is 18.2 Å². The van der Waals surface area contributed by atoms with Crippen LogP contribution in [-0.2, 0) is 4.79 Å². The molecule has 22 heavy (non-hydrogen) atoms. The second kappa shape index (κ2) is 9.59. The first-order chi connectivity index (χ1) is 10.8. The zero-order chi connectivity index (χ0) is 15.6. The van der Waals surface area contributed by atoms with Crippen LogP contribution in [0.4, 0.5) is 0 Å². The lowest BCUT2D eigenvalue weighted by molar-refractivity contribution is -0.121. The van der Waals surface area contributed by atoms with Crippen molar-refractivity contribution in [1.82, 2.24) is 10.6 Å². The largest absolute Gasteiger partial charge is 0.396 e. The molecule has 4 heteroatoms. The first kappa shape index (κ1) is 17.0. The molecule has 0 aliphatic carbocycles. The third-order valence-electron chi connectivity index (χ3n) is 4.53. The van der Waals surface area contributed by atoms with E-state index in [0.29, 0.717) is 25.3 Å². The van der Waals surface area contributed by atoms with Crippen molar-refractivity contribution in [3.05, 3.63) is 35.9 Å². The van der Waals surface area contributed by atoms with Crippen molar-refractivity contribution in [3.8, 4) is 0 Å². The SMILES string of the molecule is O=C(CCC1CCNCC1)NCC(CCO)c1ccccc1. The fourth-order valence-electron chi connectivity index (χ4n) is 3.10. The minimum atomic E-state index is 0.136. The molecule has 4 nitrogen and oxygen atoms in total. The van der Waals surface area contributed by atoms with E-state index in [1.165, 1.54) is 18.4 Å². The topological polar surface area (TPSA) is 61.4 Å². The highest BCUT2D eigenvalue weighted by Gasteiger charge is 2.16. The molecule has 0 aromatic heterocycles. The Labute approximate surface area is 133 Å². The molecule has 0 bridgehead atoms. The number of hydrogen-bond acceptors (Lipinski definition) is 3. The molecule has 0 saturated carbocycles. The minimum Gasteiger partial charge on any atom is -0.396 e. The van der Waals surface area contributed by atoms with Gasteiger partial charge in [0.1, 0.15) is 0 Å². The summed E-state index contributed by atoms with van der Waals surface area (Å²) in [6.45, 7) is 2.91. The highest BCUT2D eigenvalue weighted by Crippen LogP contribution is 2.19. The maximum atomic E-state index is 12.0. The third kappa shape index (κ3) is 5.78. The average molecular weight is 304 g/mol. The van der Waals surface area contributed by atoms with E-state index >= 15 is 0 Å². The van der Waals surface area contributed by atoms with Crippen molar-refractivity contribution in [3.63, 3.8) is 0 Å². The zero-order valence-corrected chi connectivity index (χ0v) is 13.3. The van der Waals surface area contributed by atoms with Crippen molar-refractivity contribution in [2.75, 3.05) is 26.2 Å². The normalized spacial score (nSPS) is 17.1. The summed E-state index contributed by atoms with van der Waals surface area (Å²) in [4.78, 5) is 12.0. The summed E-state index contributed by atoms with van der Waals surface area (Å²) in [5.74, 6) is 1.01. The number of piperidine rings is 1. The van der Waals surface area contributed by atoms with Crippen molar-refractivity contribution in [1.29, 1.82) is 0 Å². The molecule has 1 heterocycles. The summed E-state index contributed by atoms with van der Waals surface area (Å²) in [6.07, 6.45) is 4.66. The lowest BCUT2D eigenvalue weighted by Gasteiger charge is -2.22. The lowest BCUT2D eigenvalue weighted by atomic mass is 9.93. The molecule has 1 amide bonds. The lowest BCUT2D eigenvalue weighted by Crippen LogP contribution is -2.31. The van der Waals surface area contributed by atoms with Gasteiger partial charge in [0, 0.05) is 25.5 Å². The van der Waals surface area contributed by atoms with Gasteiger partial charge in [0.05, 0.1) is 0 Å². The number of aliphatic hydroxyl groups is 1. The van der Waals surface area contributed by atoms with Crippen LogP contribution in [0.3, 0.4) is 0 Å². The van der Waals surface area contributed by atoms with Crippen molar-refractivity contribution in [2.45, 2.75) is 38.0 Å². The van der Waals surface area contributed by atoms with Crippen LogP contribution in [0.15, 0.2) is 30.3 Å². The van der Waals surface area contributed by atoms with E-state index in [9.17, 15) is 9.90 Å². The summed E-state index contributed by atoms with van der Waals surface area (Å²) in [6, 6.07) is 10.1. The molecule has 122 valence electrons. The molecule has 2 rings (SSSR count). The molecule has 0 spiro atoms. The number of carbonyl (C=O) groups is 1. The molecule has 1 atom stereocenters. The van der Waals surface area contributed by atoms with Crippen LogP contribution in [0.5, 0.6) is 0 Å². The molecule has 1 aliphatic rings. The molecular weight excluding hydrogens is 276 g/mol. The van der Waals surface area contributed by atoms with E-state index in [4.69, 9.17) is 0 Å². The van der Waals surface area contributed by atoms with Gasteiger partial charge in [-0.05, 0) is 50.3 Å². The van der Waals surface area contributed by atoms with Crippen LogP contribution < -0.4 is 10.6 Å². The maximum absolute atomic E-state index is 12.0.